The third-order valence-electron chi connectivity index (χ3n) is 4.54. The highest BCUT2D eigenvalue weighted by atomic mass is 15.2. The first kappa shape index (κ1) is 10.1. The number of nitrogens with one attached hydrogen (secondary N) is 1. The molecule has 4 aliphatic rings. The summed E-state index contributed by atoms with van der Waals surface area (Å²) in [6, 6.07) is 1.56. The zero-order valence-electron chi connectivity index (χ0n) is 9.91. The van der Waals surface area contributed by atoms with E-state index in [0.29, 0.717) is 0 Å². The maximum atomic E-state index is 3.88. The van der Waals surface area contributed by atoms with E-state index in [4.69, 9.17) is 0 Å². The quantitative estimate of drug-likeness (QED) is 0.758. The molecule has 2 bridgehead atoms. The van der Waals surface area contributed by atoms with Gasteiger partial charge in [-0.25, -0.2) is 0 Å². The Hall–Kier alpha value is -0.0800. The molecule has 2 unspecified atom stereocenters. The molecular weight excluding hydrogens is 184 g/mol. The van der Waals surface area contributed by atoms with Gasteiger partial charge in [0.15, 0.2) is 0 Å². The lowest BCUT2D eigenvalue weighted by Gasteiger charge is -2.46. The summed E-state index contributed by atoms with van der Waals surface area (Å²) in [5.74, 6) is 2.05. The Morgan fingerprint density at radius 3 is 2.47 bits per heavy atom. The molecule has 15 heavy (non-hydrogen) atoms. The summed E-state index contributed by atoms with van der Waals surface area (Å²) in [4.78, 5) is 2.64. The van der Waals surface area contributed by atoms with Gasteiger partial charge in [-0.05, 0) is 51.1 Å². The van der Waals surface area contributed by atoms with Crippen molar-refractivity contribution in [1.82, 2.24) is 10.2 Å². The normalized spacial score (nSPS) is 41.8. The number of rotatable bonds is 4. The first-order valence-electron chi connectivity index (χ1n) is 6.79. The van der Waals surface area contributed by atoms with E-state index < -0.39 is 0 Å². The fourth-order valence-electron chi connectivity index (χ4n) is 3.44. The van der Waals surface area contributed by atoms with Crippen LogP contribution in [0.1, 0.15) is 39.0 Å². The van der Waals surface area contributed by atoms with Crippen molar-refractivity contribution in [3.05, 3.63) is 0 Å². The van der Waals surface area contributed by atoms with Crippen LogP contribution >= 0.6 is 0 Å². The van der Waals surface area contributed by atoms with Crippen LogP contribution in [0.25, 0.3) is 0 Å². The van der Waals surface area contributed by atoms with Gasteiger partial charge in [0.1, 0.15) is 0 Å². The zero-order valence-corrected chi connectivity index (χ0v) is 9.91. The molecule has 1 aliphatic carbocycles. The van der Waals surface area contributed by atoms with Gasteiger partial charge in [0.2, 0.25) is 0 Å². The fourth-order valence-corrected chi connectivity index (χ4v) is 3.44. The molecule has 1 saturated carbocycles. The molecule has 86 valence electrons. The van der Waals surface area contributed by atoms with Gasteiger partial charge in [-0.15, -0.1) is 0 Å². The number of nitrogens with zero attached hydrogens (tertiary/aromatic N) is 1. The van der Waals surface area contributed by atoms with Gasteiger partial charge < -0.3 is 10.2 Å². The van der Waals surface area contributed by atoms with Crippen molar-refractivity contribution in [3.63, 3.8) is 0 Å². The molecule has 0 aromatic heterocycles. The zero-order chi connectivity index (χ0) is 10.3. The smallest absolute Gasteiger partial charge is 0.0226 e. The summed E-state index contributed by atoms with van der Waals surface area (Å²) in [5, 5.41) is 3.88. The number of hydrogen-bond acceptors (Lipinski definition) is 2. The number of hydrogen-bond donors (Lipinski definition) is 1. The summed E-state index contributed by atoms with van der Waals surface area (Å²) in [5.41, 5.74) is 0. The van der Waals surface area contributed by atoms with Gasteiger partial charge in [-0.2, -0.15) is 0 Å². The molecule has 1 N–H and O–H groups in total. The lowest BCUT2D eigenvalue weighted by atomic mass is 9.83. The molecule has 4 fully saturated rings. The van der Waals surface area contributed by atoms with Gasteiger partial charge in [-0.1, -0.05) is 12.8 Å². The molecule has 0 aromatic carbocycles. The van der Waals surface area contributed by atoms with Crippen LogP contribution in [0.2, 0.25) is 0 Å². The molecular formula is C13H24N2. The van der Waals surface area contributed by atoms with Crippen LogP contribution in [0.15, 0.2) is 0 Å². The summed E-state index contributed by atoms with van der Waals surface area (Å²) in [6.07, 6.45) is 7.28. The third-order valence-corrected chi connectivity index (χ3v) is 4.54. The highest BCUT2D eigenvalue weighted by Gasteiger charge is 2.35. The van der Waals surface area contributed by atoms with E-state index in [1.54, 1.807) is 0 Å². The Morgan fingerprint density at radius 1 is 1.20 bits per heavy atom. The average molecular weight is 208 g/mol. The predicted molar refractivity (Wildman–Crippen MR) is 62.9 cm³/mol. The van der Waals surface area contributed by atoms with Crippen LogP contribution in [0.4, 0.5) is 0 Å². The standard InChI is InChI=1S/C13H24N2/c1-10(8-11-2-3-11)14-13-9-15-6-4-12(13)5-7-15/h10-14H,2-9H2,1H3. The van der Waals surface area contributed by atoms with Crippen molar-refractivity contribution in [2.75, 3.05) is 19.6 Å². The molecule has 0 radical (unpaired) electrons. The highest BCUT2D eigenvalue weighted by molar-refractivity contribution is 4.92. The van der Waals surface area contributed by atoms with Crippen molar-refractivity contribution in [2.24, 2.45) is 11.8 Å². The summed E-state index contributed by atoms with van der Waals surface area (Å²) >= 11 is 0. The largest absolute Gasteiger partial charge is 0.310 e. The van der Waals surface area contributed by atoms with Crippen LogP contribution in [0.3, 0.4) is 0 Å². The maximum Gasteiger partial charge on any atom is 0.0226 e. The molecule has 0 spiro atoms. The SMILES string of the molecule is CC(CC1CC1)NC1CN2CCC1CC2. The van der Waals surface area contributed by atoms with Crippen molar-refractivity contribution in [3.8, 4) is 0 Å². The summed E-state index contributed by atoms with van der Waals surface area (Å²) in [6.45, 7) is 6.43. The molecule has 3 heterocycles. The van der Waals surface area contributed by atoms with E-state index in [2.05, 4.69) is 17.1 Å². The minimum atomic E-state index is 0.753. The van der Waals surface area contributed by atoms with Gasteiger partial charge >= 0.3 is 0 Å². The molecule has 3 aliphatic heterocycles. The van der Waals surface area contributed by atoms with Crippen molar-refractivity contribution in [2.45, 2.75) is 51.1 Å². The van der Waals surface area contributed by atoms with E-state index >= 15 is 0 Å². The first-order chi connectivity index (χ1) is 7.31. The molecule has 4 rings (SSSR count). The van der Waals surface area contributed by atoms with Gasteiger partial charge in [0.05, 0.1) is 0 Å². The second-order valence-electron chi connectivity index (χ2n) is 5.99. The van der Waals surface area contributed by atoms with Gasteiger partial charge in [-0.3, -0.25) is 0 Å². The number of fused-ring (bicyclic) bond motifs is 3. The molecule has 2 atom stereocenters. The second kappa shape index (κ2) is 4.06. The topological polar surface area (TPSA) is 15.3 Å². The minimum Gasteiger partial charge on any atom is -0.310 e. The average Bonchev–Trinajstić information content (AvgIpc) is 3.03. The Bertz CT molecular complexity index is 217. The third kappa shape index (κ3) is 2.36. The Labute approximate surface area is 93.4 Å². The molecule has 2 nitrogen and oxygen atoms in total. The Kier molecular flexibility index (Phi) is 2.73. The molecule has 0 aromatic rings. The van der Waals surface area contributed by atoms with Crippen LogP contribution < -0.4 is 5.32 Å². The molecule has 0 amide bonds. The summed E-state index contributed by atoms with van der Waals surface area (Å²) < 4.78 is 0. The van der Waals surface area contributed by atoms with Gasteiger partial charge in [0, 0.05) is 18.6 Å². The number of piperidine rings is 3. The maximum absolute atomic E-state index is 3.88. The van der Waals surface area contributed by atoms with Crippen LogP contribution in [-0.4, -0.2) is 36.6 Å². The van der Waals surface area contributed by atoms with E-state index in [0.717, 1.165) is 23.9 Å². The monoisotopic (exact) mass is 208 g/mol. The predicted octanol–water partition coefficient (Wildman–Crippen LogP) is 1.86. The van der Waals surface area contributed by atoms with E-state index in [9.17, 15) is 0 Å². The lowest BCUT2D eigenvalue weighted by Crippen LogP contribution is -2.57. The van der Waals surface area contributed by atoms with Crippen LogP contribution in [-0.2, 0) is 0 Å². The second-order valence-corrected chi connectivity index (χ2v) is 5.99. The van der Waals surface area contributed by atoms with Crippen molar-refractivity contribution in [1.29, 1.82) is 0 Å². The van der Waals surface area contributed by atoms with E-state index in [1.807, 2.05) is 0 Å². The van der Waals surface area contributed by atoms with E-state index in [-0.39, 0.29) is 0 Å². The Morgan fingerprint density at radius 2 is 1.93 bits per heavy atom. The molecule has 2 heteroatoms. The van der Waals surface area contributed by atoms with E-state index in [1.165, 1.54) is 51.7 Å². The van der Waals surface area contributed by atoms with Crippen molar-refractivity contribution >= 4 is 0 Å². The lowest BCUT2D eigenvalue weighted by molar-refractivity contribution is 0.0672. The highest BCUT2D eigenvalue weighted by Crippen LogP contribution is 2.34. The first-order valence-corrected chi connectivity index (χ1v) is 6.79. The fraction of sp³-hybridized carbons (Fsp3) is 1.00. The minimum absolute atomic E-state index is 0.753. The van der Waals surface area contributed by atoms with Crippen LogP contribution in [0.5, 0.6) is 0 Å². The Balaban J connectivity index is 1.49. The molecule has 3 saturated heterocycles. The van der Waals surface area contributed by atoms with Crippen LogP contribution in [0, 0.1) is 11.8 Å². The van der Waals surface area contributed by atoms with Gasteiger partial charge in [0.25, 0.3) is 0 Å². The van der Waals surface area contributed by atoms with Crippen molar-refractivity contribution < 1.29 is 0 Å². The summed E-state index contributed by atoms with van der Waals surface area (Å²) in [7, 11) is 0.